The Bertz CT molecular complexity index is 103. The number of rotatable bonds is 2. The molecular weight excluding hydrogens is 140 g/mol. The van der Waals surface area contributed by atoms with Crippen molar-refractivity contribution in [3.63, 3.8) is 0 Å². The lowest BCUT2D eigenvalue weighted by molar-refractivity contribution is -0.0121. The van der Waals surface area contributed by atoms with Crippen LogP contribution in [0.3, 0.4) is 0 Å². The van der Waals surface area contributed by atoms with Gasteiger partial charge in [-0.3, -0.25) is 0 Å². The first kappa shape index (κ1) is 8.97. The van der Waals surface area contributed by atoms with Gasteiger partial charge in [-0.05, 0) is 32.4 Å². The fraction of sp³-hybridized carbons (Fsp3) is 1.00. The van der Waals surface area contributed by atoms with Crippen molar-refractivity contribution in [1.82, 2.24) is 5.32 Å². The van der Waals surface area contributed by atoms with Gasteiger partial charge in [0.2, 0.25) is 0 Å². The molecule has 1 unspecified atom stereocenters. The number of nitrogens with one attached hydrogen (secondary N) is 1. The summed E-state index contributed by atoms with van der Waals surface area (Å²) in [6.45, 7) is 2.78. The number of nitrogens with two attached hydrogens (primary N) is 1. The third-order valence-electron chi connectivity index (χ3n) is 2.55. The van der Waals surface area contributed by atoms with Crippen LogP contribution in [0.1, 0.15) is 19.3 Å². The second kappa shape index (κ2) is 4.04. The lowest BCUT2D eigenvalue weighted by atomic mass is 9.95. The minimum Gasteiger partial charge on any atom is -0.377 e. The molecule has 0 aromatic carbocycles. The van der Waals surface area contributed by atoms with Crippen LogP contribution < -0.4 is 11.1 Å². The predicted octanol–water partition coefficient (Wildman–Crippen LogP) is 0.104. The van der Waals surface area contributed by atoms with E-state index in [1.54, 1.807) is 7.11 Å². The van der Waals surface area contributed by atoms with E-state index in [-0.39, 0.29) is 5.60 Å². The molecule has 3 heteroatoms. The summed E-state index contributed by atoms with van der Waals surface area (Å²) in [5, 5.41) is 3.34. The second-order valence-electron chi connectivity index (χ2n) is 3.19. The maximum atomic E-state index is 5.67. The summed E-state index contributed by atoms with van der Waals surface area (Å²) in [5.41, 5.74) is 5.63. The second-order valence-corrected chi connectivity index (χ2v) is 3.19. The van der Waals surface area contributed by atoms with Gasteiger partial charge in [0.1, 0.15) is 0 Å². The van der Waals surface area contributed by atoms with E-state index in [1.165, 1.54) is 6.42 Å². The molecule has 11 heavy (non-hydrogen) atoms. The zero-order chi connectivity index (χ0) is 8.16. The highest BCUT2D eigenvalue weighted by atomic mass is 16.5. The van der Waals surface area contributed by atoms with Gasteiger partial charge in [0.15, 0.2) is 0 Å². The van der Waals surface area contributed by atoms with E-state index in [9.17, 15) is 0 Å². The smallest absolute Gasteiger partial charge is 0.0812 e. The maximum absolute atomic E-state index is 5.67. The number of ether oxygens (including phenoxy) is 1. The van der Waals surface area contributed by atoms with Crippen molar-refractivity contribution in [2.24, 2.45) is 5.73 Å². The average Bonchev–Trinajstić information content (AvgIpc) is 2.30. The van der Waals surface area contributed by atoms with Gasteiger partial charge in [0, 0.05) is 13.7 Å². The minimum atomic E-state index is -0.0382. The number of hydrogen-bond donors (Lipinski definition) is 2. The van der Waals surface area contributed by atoms with Gasteiger partial charge in [-0.25, -0.2) is 0 Å². The van der Waals surface area contributed by atoms with Gasteiger partial charge in [0.05, 0.1) is 5.60 Å². The number of hydrogen-bond acceptors (Lipinski definition) is 3. The van der Waals surface area contributed by atoms with Crippen LogP contribution in [0.25, 0.3) is 0 Å². The fourth-order valence-corrected chi connectivity index (χ4v) is 1.59. The molecule has 1 atom stereocenters. The average molecular weight is 158 g/mol. The van der Waals surface area contributed by atoms with E-state index in [2.05, 4.69) is 5.32 Å². The summed E-state index contributed by atoms with van der Waals surface area (Å²) < 4.78 is 5.44. The number of methoxy groups -OCH3 is 1. The molecule has 0 saturated carbocycles. The highest BCUT2D eigenvalue weighted by molar-refractivity contribution is 4.84. The Morgan fingerprint density at radius 1 is 1.45 bits per heavy atom. The van der Waals surface area contributed by atoms with Gasteiger partial charge >= 0.3 is 0 Å². The molecule has 66 valence electrons. The molecule has 0 aromatic heterocycles. The molecule has 1 fully saturated rings. The van der Waals surface area contributed by atoms with Gasteiger partial charge < -0.3 is 15.8 Å². The summed E-state index contributed by atoms with van der Waals surface area (Å²) in [6, 6.07) is 0. The van der Waals surface area contributed by atoms with Crippen LogP contribution in [0.4, 0.5) is 0 Å². The molecular formula is C8H18N2O. The first-order valence-corrected chi connectivity index (χ1v) is 4.29. The highest BCUT2D eigenvalue weighted by Gasteiger charge is 2.28. The van der Waals surface area contributed by atoms with Crippen LogP contribution >= 0.6 is 0 Å². The minimum absolute atomic E-state index is 0.0382. The molecule has 1 aliphatic rings. The molecule has 1 heterocycles. The molecule has 0 aliphatic carbocycles. The van der Waals surface area contributed by atoms with E-state index in [0.29, 0.717) is 6.54 Å². The highest BCUT2D eigenvalue weighted by Crippen LogP contribution is 2.21. The lowest BCUT2D eigenvalue weighted by Crippen LogP contribution is -2.40. The van der Waals surface area contributed by atoms with Crippen LogP contribution in [0.15, 0.2) is 0 Å². The van der Waals surface area contributed by atoms with Crippen molar-refractivity contribution in [2.45, 2.75) is 24.9 Å². The quantitative estimate of drug-likeness (QED) is 0.599. The Hall–Kier alpha value is -0.120. The van der Waals surface area contributed by atoms with Crippen molar-refractivity contribution < 1.29 is 4.74 Å². The Kier molecular flexibility index (Phi) is 3.30. The molecule has 3 nitrogen and oxygen atoms in total. The lowest BCUT2D eigenvalue weighted by Gasteiger charge is -2.29. The summed E-state index contributed by atoms with van der Waals surface area (Å²) in [4.78, 5) is 0. The normalized spacial score (nSPS) is 33.3. The molecule has 0 spiro atoms. The Labute approximate surface area is 68.3 Å². The van der Waals surface area contributed by atoms with Crippen LogP contribution in [-0.4, -0.2) is 32.3 Å². The zero-order valence-electron chi connectivity index (χ0n) is 7.23. The van der Waals surface area contributed by atoms with Gasteiger partial charge in [-0.15, -0.1) is 0 Å². The molecule has 1 rings (SSSR count). The van der Waals surface area contributed by atoms with Crippen LogP contribution in [0, 0.1) is 0 Å². The van der Waals surface area contributed by atoms with E-state index in [1.807, 2.05) is 0 Å². The van der Waals surface area contributed by atoms with E-state index in [0.717, 1.165) is 25.9 Å². The first-order valence-electron chi connectivity index (χ1n) is 4.29. The Morgan fingerprint density at radius 2 is 2.27 bits per heavy atom. The molecule has 0 bridgehead atoms. The van der Waals surface area contributed by atoms with Crippen molar-refractivity contribution in [1.29, 1.82) is 0 Å². The third-order valence-corrected chi connectivity index (χ3v) is 2.55. The van der Waals surface area contributed by atoms with E-state index >= 15 is 0 Å². The SMILES string of the molecule is COC1(CN)CCCNCC1. The van der Waals surface area contributed by atoms with Crippen LogP contribution in [0.5, 0.6) is 0 Å². The van der Waals surface area contributed by atoms with E-state index in [4.69, 9.17) is 10.5 Å². The van der Waals surface area contributed by atoms with Crippen molar-refractivity contribution in [2.75, 3.05) is 26.7 Å². The molecule has 3 N–H and O–H groups in total. The standard InChI is InChI=1S/C8H18N2O/c1-11-8(7-9)3-2-5-10-6-4-8/h10H,2-7,9H2,1H3. The first-order chi connectivity index (χ1) is 5.33. The van der Waals surface area contributed by atoms with Gasteiger partial charge in [0.25, 0.3) is 0 Å². The summed E-state index contributed by atoms with van der Waals surface area (Å²) >= 11 is 0. The van der Waals surface area contributed by atoms with Crippen molar-refractivity contribution in [3.05, 3.63) is 0 Å². The van der Waals surface area contributed by atoms with Crippen molar-refractivity contribution >= 4 is 0 Å². The molecule has 1 aliphatic heterocycles. The molecule has 0 aromatic rings. The van der Waals surface area contributed by atoms with Crippen LogP contribution in [0.2, 0.25) is 0 Å². The predicted molar refractivity (Wildman–Crippen MR) is 45.5 cm³/mol. The Morgan fingerprint density at radius 3 is 2.91 bits per heavy atom. The largest absolute Gasteiger partial charge is 0.377 e. The Balaban J connectivity index is 2.49. The van der Waals surface area contributed by atoms with Crippen molar-refractivity contribution in [3.8, 4) is 0 Å². The molecule has 0 amide bonds. The summed E-state index contributed by atoms with van der Waals surface area (Å²) in [5.74, 6) is 0. The third kappa shape index (κ3) is 2.15. The van der Waals surface area contributed by atoms with Crippen LogP contribution in [-0.2, 0) is 4.74 Å². The monoisotopic (exact) mass is 158 g/mol. The molecule has 0 radical (unpaired) electrons. The maximum Gasteiger partial charge on any atom is 0.0812 e. The summed E-state index contributed by atoms with van der Waals surface area (Å²) in [6.07, 6.45) is 3.30. The van der Waals surface area contributed by atoms with Gasteiger partial charge in [-0.2, -0.15) is 0 Å². The fourth-order valence-electron chi connectivity index (χ4n) is 1.59. The zero-order valence-corrected chi connectivity index (χ0v) is 7.23. The molecule has 1 saturated heterocycles. The topological polar surface area (TPSA) is 47.3 Å². The van der Waals surface area contributed by atoms with E-state index < -0.39 is 0 Å². The summed E-state index contributed by atoms with van der Waals surface area (Å²) in [7, 11) is 1.76. The van der Waals surface area contributed by atoms with Gasteiger partial charge in [-0.1, -0.05) is 0 Å².